The second-order valence-electron chi connectivity index (χ2n) is 6.50. The summed E-state index contributed by atoms with van der Waals surface area (Å²) in [6.07, 6.45) is 7.15. The van der Waals surface area contributed by atoms with Gasteiger partial charge >= 0.3 is 5.97 Å². The zero-order chi connectivity index (χ0) is 15.8. The molecule has 0 aromatic carbocycles. The standard InChI is InChI=1S/C17H20N2O3S/c20-17(21)14-8-11-4-1-2-5-13(11)19(14)9-12-10-23-16(18-12)15-6-3-7-22-15/h3,6-7,10-11,13-14H,1-2,4-5,8-9H2,(H,20,21). The number of hydrogen-bond donors (Lipinski definition) is 1. The molecule has 2 aromatic rings. The number of hydrogen-bond acceptors (Lipinski definition) is 5. The molecule has 1 saturated carbocycles. The van der Waals surface area contributed by atoms with Gasteiger partial charge in [-0.15, -0.1) is 11.3 Å². The van der Waals surface area contributed by atoms with Crippen LogP contribution in [0.1, 0.15) is 37.8 Å². The fraction of sp³-hybridized carbons (Fsp3) is 0.529. The Hall–Kier alpha value is -1.66. The molecule has 3 unspecified atom stereocenters. The van der Waals surface area contributed by atoms with Crippen LogP contribution < -0.4 is 0 Å². The van der Waals surface area contributed by atoms with E-state index >= 15 is 0 Å². The van der Waals surface area contributed by atoms with E-state index < -0.39 is 5.97 Å². The number of nitrogens with zero attached hydrogens (tertiary/aromatic N) is 2. The molecular weight excluding hydrogens is 312 g/mol. The van der Waals surface area contributed by atoms with Crippen molar-refractivity contribution in [1.82, 2.24) is 9.88 Å². The summed E-state index contributed by atoms with van der Waals surface area (Å²) in [5.41, 5.74) is 0.943. The van der Waals surface area contributed by atoms with Gasteiger partial charge < -0.3 is 9.52 Å². The topological polar surface area (TPSA) is 66.6 Å². The lowest BCUT2D eigenvalue weighted by molar-refractivity contribution is -0.142. The summed E-state index contributed by atoms with van der Waals surface area (Å²) in [6.45, 7) is 0.620. The number of rotatable bonds is 4. The first kappa shape index (κ1) is 14.9. The van der Waals surface area contributed by atoms with Crippen molar-refractivity contribution in [1.29, 1.82) is 0 Å². The minimum Gasteiger partial charge on any atom is -0.480 e. The van der Waals surface area contributed by atoms with Gasteiger partial charge in [0.2, 0.25) is 0 Å². The van der Waals surface area contributed by atoms with Gasteiger partial charge in [0.15, 0.2) is 10.8 Å². The van der Waals surface area contributed by atoms with Gasteiger partial charge in [-0.1, -0.05) is 12.8 Å². The maximum atomic E-state index is 11.7. The van der Waals surface area contributed by atoms with Crippen LogP contribution in [0.25, 0.3) is 10.8 Å². The molecule has 1 aliphatic heterocycles. The second-order valence-corrected chi connectivity index (χ2v) is 7.35. The monoisotopic (exact) mass is 332 g/mol. The molecule has 23 heavy (non-hydrogen) atoms. The highest BCUT2D eigenvalue weighted by Crippen LogP contribution is 2.40. The lowest BCUT2D eigenvalue weighted by atomic mass is 9.85. The number of aromatic nitrogens is 1. The summed E-state index contributed by atoms with van der Waals surface area (Å²) in [5, 5.41) is 12.5. The molecule has 4 rings (SSSR count). The molecule has 0 bridgehead atoms. The summed E-state index contributed by atoms with van der Waals surface area (Å²) in [7, 11) is 0. The number of carboxylic acids is 1. The quantitative estimate of drug-likeness (QED) is 0.926. The van der Waals surface area contributed by atoms with E-state index in [1.165, 1.54) is 19.3 Å². The minimum absolute atomic E-state index is 0.364. The van der Waals surface area contributed by atoms with Gasteiger partial charge in [-0.25, -0.2) is 4.98 Å². The predicted octanol–water partition coefficient (Wildman–Crippen LogP) is 3.62. The number of carboxylic acid groups (broad SMARTS) is 1. The Kier molecular flexibility index (Phi) is 3.95. The Labute approximate surface area is 138 Å². The first-order valence-electron chi connectivity index (χ1n) is 8.19. The average Bonchev–Trinajstić information content (AvgIpc) is 3.26. The Morgan fingerprint density at radius 2 is 2.30 bits per heavy atom. The number of likely N-dealkylation sites (tertiary alicyclic amines) is 1. The van der Waals surface area contributed by atoms with Crippen molar-refractivity contribution in [2.24, 2.45) is 5.92 Å². The molecular formula is C17H20N2O3S. The summed E-state index contributed by atoms with van der Waals surface area (Å²) >= 11 is 1.55. The van der Waals surface area contributed by atoms with Crippen LogP contribution >= 0.6 is 11.3 Å². The maximum Gasteiger partial charge on any atom is 0.320 e. The van der Waals surface area contributed by atoms with Gasteiger partial charge in [-0.05, 0) is 37.3 Å². The molecule has 6 heteroatoms. The summed E-state index contributed by atoms with van der Waals surface area (Å²) in [5.74, 6) is 0.613. The SMILES string of the molecule is O=C(O)C1CC2CCCCC2N1Cc1csc(-c2ccco2)n1. The largest absolute Gasteiger partial charge is 0.480 e. The molecule has 1 N–H and O–H groups in total. The fourth-order valence-electron chi connectivity index (χ4n) is 4.10. The highest BCUT2D eigenvalue weighted by Gasteiger charge is 2.45. The van der Waals surface area contributed by atoms with Gasteiger partial charge in [0.25, 0.3) is 0 Å². The molecule has 1 aliphatic carbocycles. The second kappa shape index (κ2) is 6.09. The van der Waals surface area contributed by atoms with Crippen LogP contribution in [0.2, 0.25) is 0 Å². The summed E-state index contributed by atoms with van der Waals surface area (Å²) in [6, 6.07) is 3.79. The molecule has 3 atom stereocenters. The van der Waals surface area contributed by atoms with Crippen molar-refractivity contribution >= 4 is 17.3 Å². The van der Waals surface area contributed by atoms with E-state index in [2.05, 4.69) is 9.88 Å². The van der Waals surface area contributed by atoms with Crippen LogP contribution in [-0.4, -0.2) is 33.0 Å². The molecule has 1 saturated heterocycles. The zero-order valence-corrected chi connectivity index (χ0v) is 13.7. The molecule has 0 amide bonds. The number of furan rings is 1. The van der Waals surface area contributed by atoms with E-state index in [0.29, 0.717) is 18.5 Å². The zero-order valence-electron chi connectivity index (χ0n) is 12.9. The molecule has 122 valence electrons. The first-order valence-corrected chi connectivity index (χ1v) is 9.07. The van der Waals surface area contributed by atoms with E-state index in [-0.39, 0.29) is 6.04 Å². The van der Waals surface area contributed by atoms with Crippen LogP contribution in [0.4, 0.5) is 0 Å². The third kappa shape index (κ3) is 2.81. The Morgan fingerprint density at radius 1 is 1.43 bits per heavy atom. The predicted molar refractivity (Wildman–Crippen MR) is 87.1 cm³/mol. The van der Waals surface area contributed by atoms with Crippen LogP contribution in [0, 0.1) is 5.92 Å². The lowest BCUT2D eigenvalue weighted by Gasteiger charge is -2.32. The van der Waals surface area contributed by atoms with Crippen molar-refractivity contribution in [3.8, 4) is 10.8 Å². The minimum atomic E-state index is -0.694. The van der Waals surface area contributed by atoms with E-state index in [9.17, 15) is 9.90 Å². The Bertz CT molecular complexity index is 682. The number of thiazole rings is 1. The molecule has 2 aromatic heterocycles. The van der Waals surface area contributed by atoms with Crippen LogP contribution in [0.3, 0.4) is 0 Å². The van der Waals surface area contributed by atoms with Crippen molar-refractivity contribution in [3.05, 3.63) is 29.5 Å². The van der Waals surface area contributed by atoms with Crippen molar-refractivity contribution in [3.63, 3.8) is 0 Å². The van der Waals surface area contributed by atoms with E-state index in [4.69, 9.17) is 4.42 Å². The highest BCUT2D eigenvalue weighted by atomic mass is 32.1. The van der Waals surface area contributed by atoms with E-state index in [1.54, 1.807) is 17.6 Å². The maximum absolute atomic E-state index is 11.7. The summed E-state index contributed by atoms with van der Waals surface area (Å²) < 4.78 is 5.39. The van der Waals surface area contributed by atoms with E-state index in [0.717, 1.165) is 29.3 Å². The molecule has 2 fully saturated rings. The van der Waals surface area contributed by atoms with Gasteiger partial charge in [0.05, 0.1) is 12.0 Å². The molecule has 5 nitrogen and oxygen atoms in total. The van der Waals surface area contributed by atoms with Gasteiger partial charge in [-0.2, -0.15) is 0 Å². The highest BCUT2D eigenvalue weighted by molar-refractivity contribution is 7.13. The van der Waals surface area contributed by atoms with Crippen molar-refractivity contribution < 1.29 is 14.3 Å². The molecule has 0 radical (unpaired) electrons. The average molecular weight is 332 g/mol. The Morgan fingerprint density at radius 3 is 3.09 bits per heavy atom. The van der Waals surface area contributed by atoms with Crippen LogP contribution in [-0.2, 0) is 11.3 Å². The Balaban J connectivity index is 1.55. The van der Waals surface area contributed by atoms with Gasteiger partial charge in [-0.3, -0.25) is 9.69 Å². The first-order chi connectivity index (χ1) is 11.2. The van der Waals surface area contributed by atoms with Crippen LogP contribution in [0.5, 0.6) is 0 Å². The van der Waals surface area contributed by atoms with Gasteiger partial charge in [0.1, 0.15) is 6.04 Å². The number of fused-ring (bicyclic) bond motifs is 1. The van der Waals surface area contributed by atoms with Crippen molar-refractivity contribution in [2.75, 3.05) is 0 Å². The molecule has 0 spiro atoms. The van der Waals surface area contributed by atoms with Crippen molar-refractivity contribution in [2.45, 2.75) is 50.7 Å². The summed E-state index contributed by atoms with van der Waals surface area (Å²) in [4.78, 5) is 18.5. The normalized spacial score (nSPS) is 27.9. The third-order valence-corrected chi connectivity index (χ3v) is 6.04. The van der Waals surface area contributed by atoms with Crippen LogP contribution in [0.15, 0.2) is 28.2 Å². The number of aliphatic carboxylic acids is 1. The fourth-order valence-corrected chi connectivity index (χ4v) is 4.88. The molecule has 3 heterocycles. The lowest BCUT2D eigenvalue weighted by Crippen LogP contribution is -2.41. The third-order valence-electron chi connectivity index (χ3n) is 5.13. The van der Waals surface area contributed by atoms with Gasteiger partial charge in [0, 0.05) is 18.0 Å². The smallest absolute Gasteiger partial charge is 0.320 e. The molecule has 2 aliphatic rings. The number of carbonyl (C=O) groups is 1. The van der Waals surface area contributed by atoms with E-state index in [1.807, 2.05) is 17.5 Å².